The van der Waals surface area contributed by atoms with E-state index in [0.29, 0.717) is 5.92 Å². The predicted molar refractivity (Wildman–Crippen MR) is 176 cm³/mol. The van der Waals surface area contributed by atoms with Crippen molar-refractivity contribution in [3.8, 4) is 0 Å². The minimum absolute atomic E-state index is 0.233. The Bertz CT molecular complexity index is 1770. The number of rotatable bonds is 7. The molecule has 4 aromatic carbocycles. The monoisotopic (exact) mass is 537 g/mol. The highest BCUT2D eigenvalue weighted by Crippen LogP contribution is 2.38. The molecular formula is C38H35NS. The third-order valence-electron chi connectivity index (χ3n) is 7.74. The van der Waals surface area contributed by atoms with Crippen molar-refractivity contribution in [2.24, 2.45) is 0 Å². The van der Waals surface area contributed by atoms with Crippen molar-refractivity contribution in [3.63, 3.8) is 0 Å². The number of thiophene rings is 1. The Labute approximate surface area is 242 Å². The van der Waals surface area contributed by atoms with E-state index in [0.717, 1.165) is 12.1 Å². The number of anilines is 2. The van der Waals surface area contributed by atoms with Gasteiger partial charge in [0.05, 0.1) is 0 Å². The van der Waals surface area contributed by atoms with Crippen molar-refractivity contribution < 1.29 is 0 Å². The number of para-hydroxylation sites is 1. The minimum Gasteiger partial charge on any atom is -0.311 e. The van der Waals surface area contributed by atoms with Crippen LogP contribution in [0.5, 0.6) is 0 Å². The second-order valence-electron chi connectivity index (χ2n) is 10.7. The molecule has 6 rings (SSSR count). The molecule has 0 N–H and O–H groups in total. The molecule has 2 atom stereocenters. The first-order valence-corrected chi connectivity index (χ1v) is 15.0. The number of aryl methyl sites for hydroxylation is 1. The van der Waals surface area contributed by atoms with Crippen LogP contribution >= 0.6 is 11.3 Å². The van der Waals surface area contributed by atoms with Gasteiger partial charge in [0.2, 0.25) is 0 Å². The van der Waals surface area contributed by atoms with Crippen LogP contribution < -0.4 is 4.90 Å². The standard InChI is InChI=1S/C38H35NS/c1-4-12-33(24-28(3)30-20-22-37-36(26-30)35-21-19-27(2)23-38(35)40-37)39(32-16-9-6-10-17-32)34-18-11-15-31(25-34)29-13-7-5-8-14-29/h4-13,15-26,28-29H,14H2,1-3H3/b12-4-,33-24+. The van der Waals surface area contributed by atoms with Crippen molar-refractivity contribution in [1.82, 2.24) is 0 Å². The van der Waals surface area contributed by atoms with Crippen molar-refractivity contribution >= 4 is 42.9 Å². The summed E-state index contributed by atoms with van der Waals surface area (Å²) in [7, 11) is 0. The molecule has 0 saturated carbocycles. The number of benzene rings is 4. The summed E-state index contributed by atoms with van der Waals surface area (Å²) in [6.45, 7) is 6.58. The summed E-state index contributed by atoms with van der Waals surface area (Å²) in [5.74, 6) is 0.642. The van der Waals surface area contributed by atoms with Crippen LogP contribution in [0, 0.1) is 6.92 Å². The van der Waals surface area contributed by atoms with Crippen LogP contribution in [-0.2, 0) is 0 Å². The van der Waals surface area contributed by atoms with Crippen molar-refractivity contribution in [1.29, 1.82) is 0 Å². The minimum atomic E-state index is 0.233. The highest BCUT2D eigenvalue weighted by atomic mass is 32.1. The molecule has 0 saturated heterocycles. The lowest BCUT2D eigenvalue weighted by atomic mass is 9.92. The maximum absolute atomic E-state index is 2.41. The molecule has 1 nitrogen and oxygen atoms in total. The second kappa shape index (κ2) is 11.5. The van der Waals surface area contributed by atoms with Gasteiger partial charge in [0, 0.05) is 49.1 Å². The molecule has 0 bridgehead atoms. The highest BCUT2D eigenvalue weighted by molar-refractivity contribution is 7.25. The lowest BCUT2D eigenvalue weighted by Crippen LogP contribution is -2.16. The Morgan fingerprint density at radius 2 is 1.70 bits per heavy atom. The van der Waals surface area contributed by atoms with Crippen LogP contribution in [0.4, 0.5) is 11.4 Å². The average molecular weight is 538 g/mol. The van der Waals surface area contributed by atoms with Gasteiger partial charge in [-0.15, -0.1) is 11.3 Å². The molecule has 0 amide bonds. The van der Waals surface area contributed by atoms with Crippen LogP contribution in [0.3, 0.4) is 0 Å². The summed E-state index contributed by atoms with van der Waals surface area (Å²) < 4.78 is 2.71. The first-order chi connectivity index (χ1) is 19.6. The molecule has 198 valence electrons. The molecule has 1 aliphatic rings. The molecular weight excluding hydrogens is 502 g/mol. The van der Waals surface area contributed by atoms with Gasteiger partial charge in [0.1, 0.15) is 0 Å². The van der Waals surface area contributed by atoms with Gasteiger partial charge in [0.15, 0.2) is 0 Å². The van der Waals surface area contributed by atoms with Gasteiger partial charge >= 0.3 is 0 Å². The zero-order valence-corrected chi connectivity index (χ0v) is 24.2. The van der Waals surface area contributed by atoms with Gasteiger partial charge in [-0.05, 0) is 85.5 Å². The number of hydrogen-bond acceptors (Lipinski definition) is 2. The largest absolute Gasteiger partial charge is 0.311 e. The van der Waals surface area contributed by atoms with Gasteiger partial charge in [-0.1, -0.05) is 91.9 Å². The van der Waals surface area contributed by atoms with E-state index >= 15 is 0 Å². The fraction of sp³-hybridized carbons (Fsp3) is 0.158. The third kappa shape index (κ3) is 5.33. The fourth-order valence-electron chi connectivity index (χ4n) is 5.66. The maximum atomic E-state index is 2.41. The average Bonchev–Trinajstić information content (AvgIpc) is 3.35. The molecule has 2 unspecified atom stereocenters. The van der Waals surface area contributed by atoms with Crippen LogP contribution in [0.25, 0.3) is 20.2 Å². The normalized spacial score (nSPS) is 16.3. The molecule has 0 fully saturated rings. The molecule has 0 radical (unpaired) electrons. The number of hydrogen-bond donors (Lipinski definition) is 0. The summed E-state index contributed by atoms with van der Waals surface area (Å²) in [5, 5.41) is 2.71. The quantitative estimate of drug-likeness (QED) is 0.187. The smallest absolute Gasteiger partial charge is 0.0464 e. The van der Waals surface area contributed by atoms with Gasteiger partial charge < -0.3 is 4.90 Å². The van der Waals surface area contributed by atoms with Gasteiger partial charge in [0.25, 0.3) is 0 Å². The van der Waals surface area contributed by atoms with Gasteiger partial charge in [-0.25, -0.2) is 0 Å². The SMILES string of the molecule is C/C=C\C(=C/C(C)c1ccc2sc3cc(C)ccc3c2c1)N(c1ccccc1)c1cccc(C2C=CC=CC2)c1. The van der Waals surface area contributed by atoms with Crippen molar-refractivity contribution in [2.75, 3.05) is 4.90 Å². The predicted octanol–water partition coefficient (Wildman–Crippen LogP) is 11.4. The molecule has 40 heavy (non-hydrogen) atoms. The van der Waals surface area contributed by atoms with E-state index in [2.05, 4.69) is 159 Å². The summed E-state index contributed by atoms with van der Waals surface area (Å²) in [4.78, 5) is 2.39. The molecule has 2 heteroatoms. The van der Waals surface area contributed by atoms with E-state index < -0.39 is 0 Å². The van der Waals surface area contributed by atoms with Crippen LogP contribution in [0.15, 0.2) is 139 Å². The molecule has 5 aromatic rings. The van der Waals surface area contributed by atoms with Crippen LogP contribution in [-0.4, -0.2) is 0 Å². The summed E-state index contributed by atoms with van der Waals surface area (Å²) in [5.41, 5.74) is 7.49. The molecule has 0 spiro atoms. The number of allylic oxidation sites excluding steroid dienone is 7. The molecule has 0 aliphatic heterocycles. The number of fused-ring (bicyclic) bond motifs is 3. The Hall–Kier alpha value is -4.14. The molecule has 1 heterocycles. The number of nitrogens with zero attached hydrogens (tertiary/aromatic N) is 1. The summed E-state index contributed by atoms with van der Waals surface area (Å²) in [6, 6.07) is 33.6. The summed E-state index contributed by atoms with van der Waals surface area (Å²) in [6.07, 6.45) is 16.7. The Balaban J connectivity index is 1.43. The molecule has 1 aromatic heterocycles. The van der Waals surface area contributed by atoms with E-state index in [1.807, 2.05) is 11.3 Å². The first kappa shape index (κ1) is 26.1. The maximum Gasteiger partial charge on any atom is 0.0464 e. The van der Waals surface area contributed by atoms with E-state index in [1.165, 1.54) is 48.2 Å². The molecule has 1 aliphatic carbocycles. The topological polar surface area (TPSA) is 3.24 Å². The lowest BCUT2D eigenvalue weighted by Gasteiger charge is -2.28. The van der Waals surface area contributed by atoms with Crippen molar-refractivity contribution in [2.45, 2.75) is 39.0 Å². The van der Waals surface area contributed by atoms with Crippen LogP contribution in [0.1, 0.15) is 48.8 Å². The second-order valence-corrected chi connectivity index (χ2v) is 11.7. The van der Waals surface area contributed by atoms with E-state index in [4.69, 9.17) is 0 Å². The van der Waals surface area contributed by atoms with Crippen molar-refractivity contribution in [3.05, 3.63) is 156 Å². The van der Waals surface area contributed by atoms with E-state index in [1.54, 1.807) is 0 Å². The third-order valence-corrected chi connectivity index (χ3v) is 8.88. The van der Waals surface area contributed by atoms with Gasteiger partial charge in [-0.2, -0.15) is 0 Å². The van der Waals surface area contributed by atoms with Gasteiger partial charge in [-0.3, -0.25) is 0 Å². The highest BCUT2D eigenvalue weighted by Gasteiger charge is 2.17. The Morgan fingerprint density at radius 1 is 0.850 bits per heavy atom. The Morgan fingerprint density at radius 3 is 2.50 bits per heavy atom. The lowest BCUT2D eigenvalue weighted by molar-refractivity contribution is 0.853. The van der Waals surface area contributed by atoms with E-state index in [-0.39, 0.29) is 5.92 Å². The fourth-order valence-corrected chi connectivity index (χ4v) is 6.84. The Kier molecular flexibility index (Phi) is 7.53. The summed E-state index contributed by atoms with van der Waals surface area (Å²) >= 11 is 1.89. The first-order valence-electron chi connectivity index (χ1n) is 14.2. The van der Waals surface area contributed by atoms with Crippen LogP contribution in [0.2, 0.25) is 0 Å². The van der Waals surface area contributed by atoms with E-state index in [9.17, 15) is 0 Å². The zero-order chi connectivity index (χ0) is 27.5. The zero-order valence-electron chi connectivity index (χ0n) is 23.4.